The zero-order valence-corrected chi connectivity index (χ0v) is 9.89. The molecule has 2 rings (SSSR count). The standard InChI is InChI=1S/C14H17NO2/c1-2-17-13-8-7-10-5-3-4-6-11(10)14(13)12(15)9-16/h3-8,12,16H,2,9,15H2,1H3/t12-/m0/s1. The number of fused-ring (bicyclic) bond motifs is 1. The first kappa shape index (κ1) is 11.9. The first-order chi connectivity index (χ1) is 8.27. The fourth-order valence-electron chi connectivity index (χ4n) is 2.03. The van der Waals surface area contributed by atoms with Crippen molar-refractivity contribution in [2.45, 2.75) is 13.0 Å². The van der Waals surface area contributed by atoms with E-state index < -0.39 is 6.04 Å². The van der Waals surface area contributed by atoms with Gasteiger partial charge in [0.2, 0.25) is 0 Å². The third-order valence-corrected chi connectivity index (χ3v) is 2.80. The molecule has 0 heterocycles. The molecule has 0 radical (unpaired) electrons. The van der Waals surface area contributed by atoms with Crippen LogP contribution in [0.3, 0.4) is 0 Å². The van der Waals surface area contributed by atoms with Crippen LogP contribution in [0.5, 0.6) is 5.75 Å². The minimum absolute atomic E-state index is 0.0892. The normalized spacial score (nSPS) is 12.6. The summed E-state index contributed by atoms with van der Waals surface area (Å²) in [5.74, 6) is 0.757. The van der Waals surface area contributed by atoms with Crippen LogP contribution in [0.2, 0.25) is 0 Å². The van der Waals surface area contributed by atoms with Crippen LogP contribution in [0, 0.1) is 0 Å². The molecule has 0 unspecified atom stereocenters. The summed E-state index contributed by atoms with van der Waals surface area (Å²) in [5.41, 5.74) is 6.84. The SMILES string of the molecule is CCOc1ccc2ccccc2c1[C@@H](N)CO. The van der Waals surface area contributed by atoms with Crippen molar-refractivity contribution in [3.8, 4) is 5.75 Å². The predicted octanol–water partition coefficient (Wildman–Crippen LogP) is 2.23. The summed E-state index contributed by atoms with van der Waals surface area (Å²) >= 11 is 0. The van der Waals surface area contributed by atoms with E-state index in [1.165, 1.54) is 0 Å². The molecular formula is C14H17NO2. The van der Waals surface area contributed by atoms with Crippen LogP contribution in [0.1, 0.15) is 18.5 Å². The Morgan fingerprint density at radius 3 is 2.71 bits per heavy atom. The summed E-state index contributed by atoms with van der Waals surface area (Å²) in [4.78, 5) is 0. The molecular weight excluding hydrogens is 214 g/mol. The Morgan fingerprint density at radius 1 is 1.24 bits per heavy atom. The maximum atomic E-state index is 9.26. The number of hydrogen-bond donors (Lipinski definition) is 2. The molecule has 0 bridgehead atoms. The smallest absolute Gasteiger partial charge is 0.124 e. The van der Waals surface area contributed by atoms with E-state index in [2.05, 4.69) is 0 Å². The molecule has 0 aliphatic carbocycles. The Morgan fingerprint density at radius 2 is 2.00 bits per heavy atom. The second-order valence-electron chi connectivity index (χ2n) is 3.92. The zero-order valence-electron chi connectivity index (χ0n) is 9.89. The van der Waals surface area contributed by atoms with Crippen LogP contribution in [0.4, 0.5) is 0 Å². The lowest BCUT2D eigenvalue weighted by Crippen LogP contribution is -2.16. The van der Waals surface area contributed by atoms with Crippen LogP contribution in [-0.2, 0) is 0 Å². The fraction of sp³-hybridized carbons (Fsp3) is 0.286. The molecule has 0 saturated heterocycles. The Balaban J connectivity index is 2.65. The summed E-state index contributed by atoms with van der Waals surface area (Å²) in [5, 5.41) is 11.4. The van der Waals surface area contributed by atoms with Gasteiger partial charge in [0.1, 0.15) is 5.75 Å². The summed E-state index contributed by atoms with van der Waals surface area (Å²) in [6.45, 7) is 2.43. The molecule has 2 aromatic carbocycles. The average Bonchev–Trinajstić information content (AvgIpc) is 2.38. The van der Waals surface area contributed by atoms with E-state index in [4.69, 9.17) is 10.5 Å². The van der Waals surface area contributed by atoms with Gasteiger partial charge >= 0.3 is 0 Å². The van der Waals surface area contributed by atoms with Gasteiger partial charge < -0.3 is 15.6 Å². The van der Waals surface area contributed by atoms with Crippen LogP contribution < -0.4 is 10.5 Å². The number of nitrogens with two attached hydrogens (primary N) is 1. The molecule has 0 aliphatic heterocycles. The van der Waals surface area contributed by atoms with E-state index in [9.17, 15) is 5.11 Å². The monoisotopic (exact) mass is 231 g/mol. The number of benzene rings is 2. The number of hydrogen-bond acceptors (Lipinski definition) is 3. The quantitative estimate of drug-likeness (QED) is 0.848. The molecule has 17 heavy (non-hydrogen) atoms. The average molecular weight is 231 g/mol. The molecule has 90 valence electrons. The van der Waals surface area contributed by atoms with Gasteiger partial charge in [-0.1, -0.05) is 30.3 Å². The van der Waals surface area contributed by atoms with Gasteiger partial charge in [-0.05, 0) is 23.8 Å². The molecule has 0 amide bonds. The highest BCUT2D eigenvalue weighted by atomic mass is 16.5. The fourth-order valence-corrected chi connectivity index (χ4v) is 2.03. The van der Waals surface area contributed by atoms with E-state index >= 15 is 0 Å². The second kappa shape index (κ2) is 5.17. The molecule has 3 nitrogen and oxygen atoms in total. The van der Waals surface area contributed by atoms with E-state index in [0.717, 1.165) is 22.1 Å². The molecule has 0 spiro atoms. The Labute approximate surface area is 101 Å². The molecule has 2 aromatic rings. The predicted molar refractivity (Wildman–Crippen MR) is 69.1 cm³/mol. The molecule has 0 aromatic heterocycles. The van der Waals surface area contributed by atoms with Crippen LogP contribution in [0.25, 0.3) is 10.8 Å². The van der Waals surface area contributed by atoms with Gasteiger partial charge in [0.15, 0.2) is 0 Å². The van der Waals surface area contributed by atoms with Gasteiger partial charge in [0.25, 0.3) is 0 Å². The second-order valence-corrected chi connectivity index (χ2v) is 3.92. The van der Waals surface area contributed by atoms with E-state index in [1.54, 1.807) is 0 Å². The lowest BCUT2D eigenvalue weighted by molar-refractivity contribution is 0.262. The third-order valence-electron chi connectivity index (χ3n) is 2.80. The lowest BCUT2D eigenvalue weighted by atomic mass is 9.98. The van der Waals surface area contributed by atoms with Crippen LogP contribution in [0.15, 0.2) is 36.4 Å². The van der Waals surface area contributed by atoms with E-state index in [1.807, 2.05) is 43.3 Å². The van der Waals surface area contributed by atoms with Gasteiger partial charge in [-0.25, -0.2) is 0 Å². The van der Waals surface area contributed by atoms with Gasteiger partial charge in [-0.2, -0.15) is 0 Å². The minimum atomic E-state index is -0.414. The Kier molecular flexibility index (Phi) is 3.61. The number of ether oxygens (including phenoxy) is 1. The Hall–Kier alpha value is -1.58. The lowest BCUT2D eigenvalue weighted by Gasteiger charge is -2.17. The van der Waals surface area contributed by atoms with E-state index in [0.29, 0.717) is 6.61 Å². The summed E-state index contributed by atoms with van der Waals surface area (Å²) in [6, 6.07) is 11.5. The Bertz CT molecular complexity index is 511. The number of rotatable bonds is 4. The highest BCUT2D eigenvalue weighted by Crippen LogP contribution is 2.32. The largest absolute Gasteiger partial charge is 0.494 e. The van der Waals surface area contributed by atoms with Crippen molar-refractivity contribution in [3.05, 3.63) is 42.0 Å². The van der Waals surface area contributed by atoms with Gasteiger partial charge in [0.05, 0.1) is 19.3 Å². The van der Waals surface area contributed by atoms with Gasteiger partial charge in [-0.15, -0.1) is 0 Å². The molecule has 1 atom stereocenters. The third kappa shape index (κ3) is 2.25. The maximum absolute atomic E-state index is 9.26. The van der Waals surface area contributed by atoms with Gasteiger partial charge in [0, 0.05) is 5.56 Å². The first-order valence-electron chi connectivity index (χ1n) is 5.78. The van der Waals surface area contributed by atoms with Crippen molar-refractivity contribution in [2.24, 2.45) is 5.73 Å². The number of aliphatic hydroxyl groups is 1. The highest BCUT2D eigenvalue weighted by Gasteiger charge is 2.14. The van der Waals surface area contributed by atoms with Gasteiger partial charge in [-0.3, -0.25) is 0 Å². The summed E-state index contributed by atoms with van der Waals surface area (Å²) < 4.78 is 5.58. The zero-order chi connectivity index (χ0) is 12.3. The molecule has 3 N–H and O–H groups in total. The number of aliphatic hydroxyl groups excluding tert-OH is 1. The van der Waals surface area contributed by atoms with Crippen molar-refractivity contribution in [1.29, 1.82) is 0 Å². The van der Waals surface area contributed by atoms with Crippen molar-refractivity contribution in [2.75, 3.05) is 13.2 Å². The van der Waals surface area contributed by atoms with Crippen molar-refractivity contribution >= 4 is 10.8 Å². The van der Waals surface area contributed by atoms with Crippen molar-refractivity contribution in [3.63, 3.8) is 0 Å². The summed E-state index contributed by atoms with van der Waals surface area (Å²) in [7, 11) is 0. The topological polar surface area (TPSA) is 55.5 Å². The van der Waals surface area contributed by atoms with Crippen LogP contribution >= 0.6 is 0 Å². The van der Waals surface area contributed by atoms with Crippen molar-refractivity contribution in [1.82, 2.24) is 0 Å². The van der Waals surface area contributed by atoms with Crippen molar-refractivity contribution < 1.29 is 9.84 Å². The molecule has 3 heteroatoms. The molecule has 0 aliphatic rings. The molecule has 0 fully saturated rings. The molecule has 0 saturated carbocycles. The highest BCUT2D eigenvalue weighted by molar-refractivity contribution is 5.88. The first-order valence-corrected chi connectivity index (χ1v) is 5.78. The van der Waals surface area contributed by atoms with E-state index in [-0.39, 0.29) is 6.61 Å². The van der Waals surface area contributed by atoms with Crippen LogP contribution in [-0.4, -0.2) is 18.3 Å². The maximum Gasteiger partial charge on any atom is 0.124 e. The summed E-state index contributed by atoms with van der Waals surface area (Å²) in [6.07, 6.45) is 0. The minimum Gasteiger partial charge on any atom is -0.494 e.